The van der Waals surface area contributed by atoms with Crippen molar-refractivity contribution in [2.45, 2.75) is 13.5 Å². The van der Waals surface area contributed by atoms with Crippen LogP contribution in [-0.4, -0.2) is 28.9 Å². The van der Waals surface area contributed by atoms with Gasteiger partial charge < -0.3 is 13.9 Å². The molecule has 2 heterocycles. The van der Waals surface area contributed by atoms with Gasteiger partial charge in [0, 0.05) is 10.9 Å². The van der Waals surface area contributed by atoms with E-state index in [1.165, 1.54) is 25.3 Å². The van der Waals surface area contributed by atoms with Gasteiger partial charge >= 0.3 is 6.61 Å². The monoisotopic (exact) mass is 383 g/mol. The Balaban J connectivity index is 1.67. The molecule has 0 bridgehead atoms. The highest BCUT2D eigenvalue weighted by molar-refractivity contribution is 5.81. The molecule has 0 atom stereocenters. The number of pyridine rings is 1. The van der Waals surface area contributed by atoms with Crippen molar-refractivity contribution < 1.29 is 22.7 Å². The van der Waals surface area contributed by atoms with Crippen molar-refractivity contribution in [1.29, 1.82) is 0 Å². The van der Waals surface area contributed by atoms with Crippen LogP contribution >= 0.6 is 0 Å². The van der Waals surface area contributed by atoms with Crippen molar-refractivity contribution in [2.24, 2.45) is 0 Å². The molecule has 0 radical (unpaired) electrons. The number of benzene rings is 2. The maximum atomic E-state index is 12.5. The summed E-state index contributed by atoms with van der Waals surface area (Å²) in [5.74, 6) is 0.524. The first kappa shape index (κ1) is 17.8. The predicted molar refractivity (Wildman–Crippen MR) is 98.4 cm³/mol. The Labute approximate surface area is 158 Å². The normalized spacial score (nSPS) is 11.2. The molecule has 2 aromatic carbocycles. The Morgan fingerprint density at radius 1 is 0.929 bits per heavy atom. The fourth-order valence-corrected chi connectivity index (χ4v) is 2.80. The van der Waals surface area contributed by atoms with Crippen molar-refractivity contribution in [3.05, 3.63) is 54.1 Å². The van der Waals surface area contributed by atoms with Gasteiger partial charge in [-0.2, -0.15) is 8.78 Å². The third-order valence-electron chi connectivity index (χ3n) is 4.12. The molecular formula is C20H15F2N3O3. The lowest BCUT2D eigenvalue weighted by Gasteiger charge is -2.10. The summed E-state index contributed by atoms with van der Waals surface area (Å²) < 4.78 is 40.2. The van der Waals surface area contributed by atoms with Gasteiger partial charge in [-0.1, -0.05) is 17.7 Å². The molecule has 142 valence electrons. The molecule has 0 unspecified atom stereocenters. The van der Waals surface area contributed by atoms with Crippen LogP contribution < -0.4 is 9.47 Å². The summed E-state index contributed by atoms with van der Waals surface area (Å²) >= 11 is 0. The molecule has 2 aromatic heterocycles. The second-order valence-electron chi connectivity index (χ2n) is 6.05. The minimum absolute atomic E-state index is 0.0764. The number of methoxy groups -OCH3 is 1. The molecule has 0 aliphatic rings. The van der Waals surface area contributed by atoms with E-state index < -0.39 is 6.61 Å². The largest absolute Gasteiger partial charge is 0.493 e. The summed E-state index contributed by atoms with van der Waals surface area (Å²) in [6.07, 6.45) is 0. The smallest absolute Gasteiger partial charge is 0.387 e. The van der Waals surface area contributed by atoms with Crippen LogP contribution in [-0.2, 0) is 0 Å². The quantitative estimate of drug-likeness (QED) is 0.490. The zero-order valence-corrected chi connectivity index (χ0v) is 15.0. The average Bonchev–Trinajstić information content (AvgIpc) is 3.17. The molecule has 4 rings (SSSR count). The van der Waals surface area contributed by atoms with Gasteiger partial charge in [0.05, 0.1) is 12.6 Å². The van der Waals surface area contributed by atoms with Gasteiger partial charge in [-0.25, -0.2) is 4.98 Å². The average molecular weight is 383 g/mol. The van der Waals surface area contributed by atoms with Crippen LogP contribution in [0.4, 0.5) is 8.78 Å². The van der Waals surface area contributed by atoms with E-state index in [4.69, 9.17) is 9.15 Å². The van der Waals surface area contributed by atoms with Gasteiger partial charge in [-0.15, -0.1) is 10.2 Å². The second kappa shape index (κ2) is 7.22. The Bertz CT molecular complexity index is 1140. The fraction of sp³-hybridized carbons (Fsp3) is 0.150. The highest BCUT2D eigenvalue weighted by Gasteiger charge is 2.16. The highest BCUT2D eigenvalue weighted by Crippen LogP contribution is 2.34. The SMILES string of the molecule is COc1cc(-c2nnc(-c3ccc4cc(C)ccc4n3)o2)ccc1OC(F)F. The first-order valence-corrected chi connectivity index (χ1v) is 8.38. The predicted octanol–water partition coefficient (Wildman–Crippen LogP) is 4.87. The standard InChI is InChI=1S/C20H15F2N3O3/c1-11-3-6-14-12(9-11)4-7-15(23-14)19-25-24-18(28-19)13-5-8-16(27-20(21)22)17(10-13)26-2/h3-10,20H,1-2H3. The number of aryl methyl sites for hydroxylation is 1. The van der Waals surface area contributed by atoms with Crippen molar-refractivity contribution >= 4 is 10.9 Å². The number of alkyl halides is 2. The van der Waals surface area contributed by atoms with Gasteiger partial charge in [0.25, 0.3) is 5.89 Å². The van der Waals surface area contributed by atoms with E-state index in [-0.39, 0.29) is 23.3 Å². The Kier molecular flexibility index (Phi) is 4.60. The Morgan fingerprint density at radius 2 is 1.75 bits per heavy atom. The van der Waals surface area contributed by atoms with Crippen LogP contribution in [0.3, 0.4) is 0 Å². The molecule has 0 fully saturated rings. The third kappa shape index (κ3) is 3.48. The molecule has 0 aliphatic heterocycles. The zero-order valence-electron chi connectivity index (χ0n) is 15.0. The summed E-state index contributed by atoms with van der Waals surface area (Å²) in [5, 5.41) is 9.08. The molecule has 0 saturated carbocycles. The fourth-order valence-electron chi connectivity index (χ4n) is 2.80. The first-order valence-electron chi connectivity index (χ1n) is 8.38. The molecule has 28 heavy (non-hydrogen) atoms. The van der Waals surface area contributed by atoms with Crippen molar-refractivity contribution in [1.82, 2.24) is 15.2 Å². The van der Waals surface area contributed by atoms with Gasteiger partial charge in [-0.05, 0) is 43.3 Å². The zero-order chi connectivity index (χ0) is 19.7. The molecule has 0 aliphatic carbocycles. The second-order valence-corrected chi connectivity index (χ2v) is 6.05. The highest BCUT2D eigenvalue weighted by atomic mass is 19.3. The Hall–Kier alpha value is -3.55. The lowest BCUT2D eigenvalue weighted by molar-refractivity contribution is -0.0512. The Morgan fingerprint density at radius 3 is 2.54 bits per heavy atom. The van der Waals surface area contributed by atoms with Crippen molar-refractivity contribution in [3.63, 3.8) is 0 Å². The lowest BCUT2D eigenvalue weighted by Crippen LogP contribution is -2.03. The summed E-state index contributed by atoms with van der Waals surface area (Å²) in [7, 11) is 1.36. The number of aromatic nitrogens is 3. The van der Waals surface area contributed by atoms with Crippen LogP contribution in [0, 0.1) is 6.92 Å². The lowest BCUT2D eigenvalue weighted by atomic mass is 10.1. The van der Waals surface area contributed by atoms with Crippen molar-refractivity contribution in [2.75, 3.05) is 7.11 Å². The van der Waals surface area contributed by atoms with Gasteiger partial charge in [-0.3, -0.25) is 0 Å². The van der Waals surface area contributed by atoms with Crippen LogP contribution in [0.15, 0.2) is 52.9 Å². The van der Waals surface area contributed by atoms with Crippen LogP contribution in [0.5, 0.6) is 11.5 Å². The topological polar surface area (TPSA) is 70.3 Å². The molecule has 4 aromatic rings. The molecule has 6 nitrogen and oxygen atoms in total. The minimum Gasteiger partial charge on any atom is -0.493 e. The van der Waals surface area contributed by atoms with Crippen LogP contribution in [0.25, 0.3) is 33.9 Å². The summed E-state index contributed by atoms with van der Waals surface area (Å²) in [6, 6.07) is 14.1. The third-order valence-corrected chi connectivity index (χ3v) is 4.12. The van der Waals surface area contributed by atoms with E-state index in [2.05, 4.69) is 19.9 Å². The molecule has 0 spiro atoms. The van der Waals surface area contributed by atoms with Crippen LogP contribution in [0.1, 0.15) is 5.56 Å². The number of halogens is 2. The number of rotatable bonds is 5. The molecule has 8 heteroatoms. The van der Waals surface area contributed by atoms with Crippen LogP contribution in [0.2, 0.25) is 0 Å². The van der Waals surface area contributed by atoms with Gasteiger partial charge in [0.2, 0.25) is 5.89 Å². The van der Waals surface area contributed by atoms with Gasteiger partial charge in [0.15, 0.2) is 11.5 Å². The summed E-state index contributed by atoms with van der Waals surface area (Å²) in [6.45, 7) is -0.929. The number of hydrogen-bond donors (Lipinski definition) is 0. The number of ether oxygens (including phenoxy) is 2. The number of nitrogens with zero attached hydrogens (tertiary/aromatic N) is 3. The molecule has 0 amide bonds. The molecular weight excluding hydrogens is 368 g/mol. The van der Waals surface area contributed by atoms with E-state index in [9.17, 15) is 8.78 Å². The van der Waals surface area contributed by atoms with E-state index in [0.29, 0.717) is 11.3 Å². The van der Waals surface area contributed by atoms with E-state index >= 15 is 0 Å². The van der Waals surface area contributed by atoms with E-state index in [1.807, 2.05) is 31.2 Å². The van der Waals surface area contributed by atoms with Crippen molar-refractivity contribution in [3.8, 4) is 34.5 Å². The summed E-state index contributed by atoms with van der Waals surface area (Å²) in [5.41, 5.74) is 3.02. The molecule has 0 saturated heterocycles. The number of hydrogen-bond acceptors (Lipinski definition) is 6. The first-order chi connectivity index (χ1) is 13.5. The van der Waals surface area contributed by atoms with E-state index in [0.717, 1.165) is 16.5 Å². The minimum atomic E-state index is -2.95. The van der Waals surface area contributed by atoms with E-state index in [1.54, 1.807) is 6.07 Å². The molecule has 0 N–H and O–H groups in total. The summed E-state index contributed by atoms with van der Waals surface area (Å²) in [4.78, 5) is 4.55. The van der Waals surface area contributed by atoms with Gasteiger partial charge in [0.1, 0.15) is 5.69 Å². The maximum Gasteiger partial charge on any atom is 0.387 e. The number of fused-ring (bicyclic) bond motifs is 1. The maximum absolute atomic E-state index is 12.5.